The molecule has 2 atom stereocenters. The normalized spacial score (nSPS) is 24.3. The van der Waals surface area contributed by atoms with Crippen molar-refractivity contribution < 1.29 is 23.5 Å². The maximum atomic E-state index is 15.9. The van der Waals surface area contributed by atoms with Crippen LogP contribution in [0.5, 0.6) is 0 Å². The number of hydrogen-bond donors (Lipinski definition) is 2. The summed E-state index contributed by atoms with van der Waals surface area (Å²) in [5, 5.41) is 3.04. The van der Waals surface area contributed by atoms with Gasteiger partial charge in [0.15, 0.2) is 5.82 Å². The number of imidazole rings is 1. The first kappa shape index (κ1) is 25.4. The van der Waals surface area contributed by atoms with Crippen LogP contribution < -0.4 is 5.32 Å². The number of halogens is 1. The fourth-order valence-corrected chi connectivity index (χ4v) is 5.13. The maximum absolute atomic E-state index is 15.9. The SMILES string of the molecule is CC(=O)N[C@H](c1nc2c(F)c(C3COCCN3C(=O)OC(C)(C)C)ccc2[nH]1)C1CCC(C)CC1. The zero-order chi connectivity index (χ0) is 25.3. The van der Waals surface area contributed by atoms with Crippen LogP contribution >= 0.6 is 0 Å². The molecule has 0 bridgehead atoms. The average molecular weight is 489 g/mol. The van der Waals surface area contributed by atoms with Gasteiger partial charge in [-0.1, -0.05) is 25.8 Å². The highest BCUT2D eigenvalue weighted by atomic mass is 19.1. The topological polar surface area (TPSA) is 96.6 Å². The van der Waals surface area contributed by atoms with E-state index in [4.69, 9.17) is 9.47 Å². The van der Waals surface area contributed by atoms with Gasteiger partial charge in [-0.3, -0.25) is 9.69 Å². The first-order chi connectivity index (χ1) is 16.5. The molecule has 1 aliphatic carbocycles. The minimum Gasteiger partial charge on any atom is -0.444 e. The Labute approximate surface area is 205 Å². The van der Waals surface area contributed by atoms with Gasteiger partial charge in [0.1, 0.15) is 16.9 Å². The molecule has 2 aliphatic rings. The third kappa shape index (κ3) is 5.77. The van der Waals surface area contributed by atoms with Gasteiger partial charge in [0.05, 0.1) is 30.8 Å². The van der Waals surface area contributed by atoms with Crippen LogP contribution in [0.15, 0.2) is 12.1 Å². The van der Waals surface area contributed by atoms with Crippen LogP contribution in [0.4, 0.5) is 9.18 Å². The Bertz CT molecular complexity index is 1070. The number of nitrogens with one attached hydrogen (secondary N) is 2. The number of nitrogens with zero attached hydrogens (tertiary/aromatic N) is 2. The molecule has 35 heavy (non-hydrogen) atoms. The maximum Gasteiger partial charge on any atom is 0.410 e. The summed E-state index contributed by atoms with van der Waals surface area (Å²) >= 11 is 0. The number of H-pyrrole nitrogens is 1. The number of fused-ring (bicyclic) bond motifs is 1. The van der Waals surface area contributed by atoms with Crippen LogP contribution in [0.3, 0.4) is 0 Å². The number of morpholine rings is 1. The number of carbonyl (C=O) groups excluding carboxylic acids is 2. The minimum absolute atomic E-state index is 0.136. The third-order valence-corrected chi connectivity index (χ3v) is 6.94. The van der Waals surface area contributed by atoms with Gasteiger partial charge in [-0.15, -0.1) is 0 Å². The van der Waals surface area contributed by atoms with E-state index in [1.54, 1.807) is 32.9 Å². The second-order valence-electron chi connectivity index (χ2n) is 10.9. The van der Waals surface area contributed by atoms with Gasteiger partial charge in [-0.2, -0.15) is 0 Å². The van der Waals surface area contributed by atoms with E-state index in [9.17, 15) is 9.59 Å². The number of ether oxygens (including phenoxy) is 2. The Hall–Kier alpha value is -2.68. The van der Waals surface area contributed by atoms with Crippen molar-refractivity contribution in [2.45, 2.75) is 78.0 Å². The molecule has 2 N–H and O–H groups in total. The van der Waals surface area contributed by atoms with Crippen molar-refractivity contribution in [1.29, 1.82) is 0 Å². The fraction of sp³-hybridized carbons (Fsp3) is 0.654. The van der Waals surface area contributed by atoms with Gasteiger partial charge in [0, 0.05) is 19.0 Å². The van der Waals surface area contributed by atoms with E-state index in [0.717, 1.165) is 25.7 Å². The molecule has 1 saturated carbocycles. The highest BCUT2D eigenvalue weighted by Crippen LogP contribution is 2.37. The quantitative estimate of drug-likeness (QED) is 0.630. The number of benzene rings is 1. The number of rotatable bonds is 4. The molecule has 2 aromatic rings. The summed E-state index contributed by atoms with van der Waals surface area (Å²) in [4.78, 5) is 34.2. The van der Waals surface area contributed by atoms with Crippen molar-refractivity contribution in [2.75, 3.05) is 19.8 Å². The first-order valence-electron chi connectivity index (χ1n) is 12.6. The van der Waals surface area contributed by atoms with E-state index in [1.165, 1.54) is 11.8 Å². The number of carbonyl (C=O) groups is 2. The molecule has 1 aromatic carbocycles. The zero-order valence-corrected chi connectivity index (χ0v) is 21.3. The summed E-state index contributed by atoms with van der Waals surface area (Å²) < 4.78 is 27.0. The number of aromatic nitrogens is 2. The van der Waals surface area contributed by atoms with Crippen LogP contribution in [-0.2, 0) is 14.3 Å². The summed E-state index contributed by atoms with van der Waals surface area (Å²) in [5.41, 5.74) is 0.437. The van der Waals surface area contributed by atoms with Crippen molar-refractivity contribution in [1.82, 2.24) is 20.2 Å². The van der Waals surface area contributed by atoms with Gasteiger partial charge in [-0.25, -0.2) is 14.2 Å². The number of amides is 2. The molecule has 8 nitrogen and oxygen atoms in total. The molecule has 1 aliphatic heterocycles. The Morgan fingerprint density at radius 2 is 1.97 bits per heavy atom. The van der Waals surface area contributed by atoms with Gasteiger partial charge in [0.2, 0.25) is 5.91 Å². The van der Waals surface area contributed by atoms with Gasteiger partial charge >= 0.3 is 6.09 Å². The predicted molar refractivity (Wildman–Crippen MR) is 130 cm³/mol. The Balaban J connectivity index is 1.66. The average Bonchev–Trinajstić information content (AvgIpc) is 3.22. The van der Waals surface area contributed by atoms with E-state index in [-0.39, 0.29) is 30.0 Å². The fourth-order valence-electron chi connectivity index (χ4n) is 5.13. The summed E-state index contributed by atoms with van der Waals surface area (Å²) in [5.74, 6) is 0.850. The van der Waals surface area contributed by atoms with E-state index >= 15 is 4.39 Å². The summed E-state index contributed by atoms with van der Waals surface area (Å²) in [6.07, 6.45) is 3.68. The van der Waals surface area contributed by atoms with Crippen molar-refractivity contribution in [3.8, 4) is 0 Å². The molecule has 2 amide bonds. The van der Waals surface area contributed by atoms with Crippen molar-refractivity contribution in [3.63, 3.8) is 0 Å². The summed E-state index contributed by atoms with van der Waals surface area (Å²) in [7, 11) is 0. The monoisotopic (exact) mass is 488 g/mol. The molecule has 9 heteroatoms. The Morgan fingerprint density at radius 1 is 1.26 bits per heavy atom. The lowest BCUT2D eigenvalue weighted by molar-refractivity contribution is -0.120. The van der Waals surface area contributed by atoms with Crippen LogP contribution in [-0.4, -0.2) is 52.2 Å². The molecule has 192 valence electrons. The summed E-state index contributed by atoms with van der Waals surface area (Å²) in [6, 6.07) is 2.53. The third-order valence-electron chi connectivity index (χ3n) is 6.94. The van der Waals surface area contributed by atoms with E-state index in [2.05, 4.69) is 22.2 Å². The molecular weight excluding hydrogens is 451 g/mol. The van der Waals surface area contributed by atoms with Gasteiger partial charge < -0.3 is 19.8 Å². The standard InChI is InChI=1S/C26H37FN4O4/c1-15-6-8-17(9-7-15)22(28-16(2)32)24-29-19-11-10-18(21(27)23(19)30-24)20-14-34-13-12-31(20)25(33)35-26(3,4)5/h10-11,15,17,20,22H,6-9,12-14H2,1-5H3,(H,28,32)(H,29,30)/t15?,17?,20?,22-/m0/s1. The highest BCUT2D eigenvalue weighted by Gasteiger charge is 2.35. The molecule has 1 aromatic heterocycles. The lowest BCUT2D eigenvalue weighted by Crippen LogP contribution is -2.46. The van der Waals surface area contributed by atoms with Crippen LogP contribution in [0.2, 0.25) is 0 Å². The smallest absolute Gasteiger partial charge is 0.410 e. The second kappa shape index (κ2) is 10.1. The number of hydrogen-bond acceptors (Lipinski definition) is 5. The molecule has 0 radical (unpaired) electrons. The van der Waals surface area contributed by atoms with Crippen molar-refractivity contribution >= 4 is 23.0 Å². The van der Waals surface area contributed by atoms with E-state index in [0.29, 0.717) is 36.0 Å². The zero-order valence-electron chi connectivity index (χ0n) is 21.3. The van der Waals surface area contributed by atoms with Crippen LogP contribution in [0.1, 0.15) is 83.8 Å². The van der Waals surface area contributed by atoms with E-state index < -0.39 is 23.6 Å². The van der Waals surface area contributed by atoms with Gasteiger partial charge in [0.25, 0.3) is 0 Å². The summed E-state index contributed by atoms with van der Waals surface area (Å²) in [6.45, 7) is 10.0. The molecule has 2 heterocycles. The predicted octanol–water partition coefficient (Wildman–Crippen LogP) is 5.01. The number of aromatic amines is 1. The molecule has 1 saturated heterocycles. The molecular formula is C26H37FN4O4. The molecule has 4 rings (SSSR count). The second-order valence-corrected chi connectivity index (χ2v) is 10.9. The van der Waals surface area contributed by atoms with Crippen molar-refractivity contribution in [2.24, 2.45) is 11.8 Å². The van der Waals surface area contributed by atoms with Gasteiger partial charge in [-0.05, 0) is 51.5 Å². The van der Waals surface area contributed by atoms with E-state index in [1.807, 2.05) is 0 Å². The van der Waals surface area contributed by atoms with Crippen LogP contribution in [0.25, 0.3) is 11.0 Å². The largest absolute Gasteiger partial charge is 0.444 e. The van der Waals surface area contributed by atoms with Crippen molar-refractivity contribution in [3.05, 3.63) is 29.3 Å². The molecule has 2 fully saturated rings. The Kier molecular flexibility index (Phi) is 7.35. The first-order valence-corrected chi connectivity index (χ1v) is 12.6. The lowest BCUT2D eigenvalue weighted by Gasteiger charge is -2.36. The minimum atomic E-state index is -0.658. The molecule has 0 spiro atoms. The highest BCUT2D eigenvalue weighted by molar-refractivity contribution is 5.78. The van der Waals surface area contributed by atoms with Crippen LogP contribution in [0, 0.1) is 17.7 Å². The molecule has 1 unspecified atom stereocenters. The lowest BCUT2D eigenvalue weighted by atomic mass is 9.79. The Morgan fingerprint density at radius 3 is 2.63 bits per heavy atom.